The Hall–Kier alpha value is -0.500. The zero-order chi connectivity index (χ0) is 16.0. The van der Waals surface area contributed by atoms with E-state index in [1.165, 1.54) is 11.1 Å². The second-order valence-corrected chi connectivity index (χ2v) is 29.7. The van der Waals surface area contributed by atoms with Crippen molar-refractivity contribution in [3.8, 4) is 0 Å². The minimum absolute atomic E-state index is 0. The Morgan fingerprint density at radius 1 is 0.792 bits per heavy atom. The van der Waals surface area contributed by atoms with Crippen molar-refractivity contribution >= 4 is 36.0 Å². The number of hydrogen-bond acceptors (Lipinski definition) is 0. The Kier molecular flexibility index (Phi) is 5.35. The molecule has 0 fully saturated rings. The molecule has 0 N–H and O–H groups in total. The fourth-order valence-electron chi connectivity index (χ4n) is 4.38. The summed E-state index contributed by atoms with van der Waals surface area (Å²) in [5, 5.41) is 0. The van der Waals surface area contributed by atoms with Crippen LogP contribution >= 0.6 is 17.0 Å². The summed E-state index contributed by atoms with van der Waals surface area (Å²) >= 11 is -2.14. The molecule has 0 amide bonds. The van der Waals surface area contributed by atoms with Gasteiger partial charge in [-0.3, -0.25) is 0 Å². The normalized spacial score (nSPS) is 21.9. The standard InChI is InChI=1S/C19H15.2CH3.BrH.H2Si.Zr/c1-3-7-18-14(5-1)9-11-16(18)13-17-12-10-15-6-2-4-8-19(15)17;;;;;/h1-13,16-17H;2*1H3;1H;1H2;. The van der Waals surface area contributed by atoms with E-state index in [1.54, 1.807) is 11.1 Å². The molecule has 2 aliphatic rings. The van der Waals surface area contributed by atoms with Crippen LogP contribution in [0.4, 0.5) is 0 Å². The molecule has 24 heavy (non-hydrogen) atoms. The second-order valence-electron chi connectivity index (χ2n) is 7.54. The van der Waals surface area contributed by atoms with Crippen molar-refractivity contribution in [1.82, 2.24) is 0 Å². The Morgan fingerprint density at radius 3 is 1.62 bits per heavy atom. The zero-order valence-corrected chi connectivity index (χ0v) is 19.9. The monoisotopic (exact) mass is 473 g/mol. The fraction of sp³-hybridized carbons (Fsp3) is 0.238. The zero-order valence-electron chi connectivity index (χ0n) is 14.3. The topological polar surface area (TPSA) is 0 Å². The van der Waals surface area contributed by atoms with Crippen molar-refractivity contribution in [2.45, 2.75) is 24.7 Å². The number of benzene rings is 2. The SMILES string of the molecule is Br.[CH3][Zr]([CH3])(=[SiH2])[CH](C1C=Cc2ccccc21)C1C=Cc2ccccc21. The van der Waals surface area contributed by atoms with Crippen LogP contribution in [0.1, 0.15) is 34.1 Å². The Bertz CT molecular complexity index is 800. The predicted molar refractivity (Wildman–Crippen MR) is 111 cm³/mol. The van der Waals surface area contributed by atoms with Crippen LogP contribution in [0.5, 0.6) is 0 Å². The summed E-state index contributed by atoms with van der Waals surface area (Å²) in [5.41, 5.74) is 5.95. The van der Waals surface area contributed by atoms with Gasteiger partial charge >= 0.3 is 146 Å². The Labute approximate surface area is 161 Å². The molecule has 0 nitrogen and oxygen atoms in total. The maximum absolute atomic E-state index is 2.61. The third kappa shape index (κ3) is 3.16. The van der Waals surface area contributed by atoms with E-state index in [1.807, 2.05) is 0 Å². The van der Waals surface area contributed by atoms with Crippen LogP contribution in [0, 0.1) is 0 Å². The van der Waals surface area contributed by atoms with Crippen molar-refractivity contribution in [3.05, 3.63) is 82.9 Å². The molecule has 0 saturated heterocycles. The van der Waals surface area contributed by atoms with E-state index in [-0.39, 0.29) is 17.0 Å². The molecule has 2 atom stereocenters. The van der Waals surface area contributed by atoms with Crippen LogP contribution < -0.4 is 0 Å². The average molecular weight is 476 g/mol. The molecule has 2 aromatic carbocycles. The van der Waals surface area contributed by atoms with E-state index in [0.29, 0.717) is 11.8 Å². The van der Waals surface area contributed by atoms with Gasteiger partial charge in [0, 0.05) is 0 Å². The molecular weight excluding hydrogens is 451 g/mol. The molecule has 4 rings (SSSR count). The van der Waals surface area contributed by atoms with Crippen molar-refractivity contribution in [2.24, 2.45) is 0 Å². The molecule has 2 aliphatic carbocycles. The summed E-state index contributed by atoms with van der Waals surface area (Å²) in [6, 6.07) is 17.9. The first-order chi connectivity index (χ1) is 11.1. The Morgan fingerprint density at radius 2 is 1.21 bits per heavy atom. The second kappa shape index (κ2) is 7.02. The van der Waals surface area contributed by atoms with Gasteiger partial charge in [-0.2, -0.15) is 0 Å². The van der Waals surface area contributed by atoms with E-state index in [0.717, 1.165) is 3.63 Å². The maximum atomic E-state index is 2.61. The van der Waals surface area contributed by atoms with Crippen LogP contribution in [0.2, 0.25) is 12.9 Å². The van der Waals surface area contributed by atoms with Crippen molar-refractivity contribution < 1.29 is 18.9 Å². The molecule has 0 bridgehead atoms. The number of rotatable bonds is 3. The van der Waals surface area contributed by atoms with Gasteiger partial charge in [0.05, 0.1) is 0 Å². The molecule has 0 spiro atoms. The van der Waals surface area contributed by atoms with Gasteiger partial charge in [-0.1, -0.05) is 0 Å². The predicted octanol–water partition coefficient (Wildman–Crippen LogP) is 5.77. The van der Waals surface area contributed by atoms with Gasteiger partial charge in [-0.05, 0) is 0 Å². The van der Waals surface area contributed by atoms with Gasteiger partial charge in [0.1, 0.15) is 0 Å². The number of fused-ring (bicyclic) bond motifs is 2. The third-order valence-electron chi connectivity index (χ3n) is 5.35. The minimum atomic E-state index is -2.14. The van der Waals surface area contributed by atoms with Crippen molar-refractivity contribution in [2.75, 3.05) is 0 Å². The molecule has 3 heteroatoms. The van der Waals surface area contributed by atoms with Gasteiger partial charge in [-0.25, -0.2) is 0 Å². The van der Waals surface area contributed by atoms with Crippen LogP contribution in [0.25, 0.3) is 12.2 Å². The average Bonchev–Trinajstić information content (AvgIpc) is 3.12. The summed E-state index contributed by atoms with van der Waals surface area (Å²) < 4.78 is 6.00. The fourth-order valence-corrected chi connectivity index (χ4v) is 13.6. The summed E-state index contributed by atoms with van der Waals surface area (Å²) in [7, 11) is 0. The molecule has 0 aromatic heterocycles. The van der Waals surface area contributed by atoms with E-state index in [2.05, 4.69) is 89.0 Å². The van der Waals surface area contributed by atoms with Gasteiger partial charge in [0.2, 0.25) is 0 Å². The van der Waals surface area contributed by atoms with E-state index < -0.39 is 18.9 Å². The van der Waals surface area contributed by atoms with Crippen LogP contribution in [0.15, 0.2) is 60.7 Å². The molecule has 123 valence electrons. The van der Waals surface area contributed by atoms with Crippen LogP contribution in [0.3, 0.4) is 0 Å². The van der Waals surface area contributed by atoms with E-state index in [9.17, 15) is 0 Å². The molecule has 0 heterocycles. The first kappa shape index (κ1) is 18.3. The summed E-state index contributed by atoms with van der Waals surface area (Å²) in [5.74, 6) is 1.19. The molecule has 0 radical (unpaired) electrons. The van der Waals surface area contributed by atoms with Crippen LogP contribution in [-0.2, 0) is 18.9 Å². The molecule has 0 aliphatic heterocycles. The quantitative estimate of drug-likeness (QED) is 0.494. The number of halogens is 1. The van der Waals surface area contributed by atoms with Gasteiger partial charge in [-0.15, -0.1) is 17.0 Å². The number of hydrogen-bond donors (Lipinski definition) is 0. The first-order valence-electron chi connectivity index (χ1n) is 8.45. The van der Waals surface area contributed by atoms with Crippen LogP contribution in [-0.4, -0.2) is 6.88 Å². The van der Waals surface area contributed by atoms with Crippen molar-refractivity contribution in [1.29, 1.82) is 0 Å². The summed E-state index contributed by atoms with van der Waals surface area (Å²) in [6.45, 7) is 2.36. The summed E-state index contributed by atoms with van der Waals surface area (Å²) in [4.78, 5) is 0. The number of allylic oxidation sites excluding steroid dienone is 2. The third-order valence-corrected chi connectivity index (χ3v) is 14.3. The molecule has 2 unspecified atom stereocenters. The first-order valence-corrected chi connectivity index (χ1v) is 20.7. The summed E-state index contributed by atoms with van der Waals surface area (Å²) in [6.07, 6.45) is 9.66. The van der Waals surface area contributed by atoms with Gasteiger partial charge in [0.15, 0.2) is 0 Å². The van der Waals surface area contributed by atoms with Gasteiger partial charge < -0.3 is 0 Å². The van der Waals surface area contributed by atoms with Crippen molar-refractivity contribution in [3.63, 3.8) is 0 Å². The Balaban J connectivity index is 0.00000169. The molecule has 0 saturated carbocycles. The molecule has 2 aromatic rings. The molecular formula is C21H24BrSiZr. The van der Waals surface area contributed by atoms with Gasteiger partial charge in [0.25, 0.3) is 0 Å². The van der Waals surface area contributed by atoms with E-state index >= 15 is 0 Å². The van der Waals surface area contributed by atoms with E-state index in [4.69, 9.17) is 0 Å².